The third kappa shape index (κ3) is 4.18. The molecule has 0 bridgehead atoms. The Bertz CT molecular complexity index is 1430. The Balaban J connectivity index is 1.91. The highest BCUT2D eigenvalue weighted by Crippen LogP contribution is 2.34. The van der Waals surface area contributed by atoms with Crippen molar-refractivity contribution in [1.29, 1.82) is 0 Å². The van der Waals surface area contributed by atoms with Crippen molar-refractivity contribution in [1.82, 2.24) is 9.38 Å². The van der Waals surface area contributed by atoms with Crippen molar-refractivity contribution < 1.29 is 26.0 Å². The highest BCUT2D eigenvalue weighted by molar-refractivity contribution is 7.92. The number of fused-ring (bicyclic) bond motifs is 1. The molecule has 0 aliphatic carbocycles. The van der Waals surface area contributed by atoms with Gasteiger partial charge in [0.25, 0.3) is 10.0 Å². The Morgan fingerprint density at radius 3 is 2.30 bits per heavy atom. The average Bonchev–Trinajstić information content (AvgIpc) is 3.10. The first-order valence-corrected chi connectivity index (χ1v) is 11.3. The van der Waals surface area contributed by atoms with Crippen LogP contribution in [-0.4, -0.2) is 17.8 Å². The molecule has 33 heavy (non-hydrogen) atoms. The molecular weight excluding hydrogens is 458 g/mol. The zero-order chi connectivity index (χ0) is 24.0. The van der Waals surface area contributed by atoms with E-state index in [4.69, 9.17) is 0 Å². The minimum Gasteiger partial charge on any atom is -0.299 e. The number of hydrogen-bond acceptors (Lipinski definition) is 3. The van der Waals surface area contributed by atoms with Gasteiger partial charge in [-0.3, -0.25) is 4.40 Å². The maximum absolute atomic E-state index is 13.8. The number of alkyl halides is 3. The Labute approximate surface area is 188 Å². The van der Waals surface area contributed by atoms with Crippen LogP contribution in [0.4, 0.5) is 23.4 Å². The van der Waals surface area contributed by atoms with Crippen LogP contribution in [0.5, 0.6) is 0 Å². The summed E-state index contributed by atoms with van der Waals surface area (Å²) in [6, 6.07) is 15.3. The Morgan fingerprint density at radius 1 is 0.970 bits per heavy atom. The fraction of sp³-hybridized carbons (Fsp3) is 0.174. The van der Waals surface area contributed by atoms with E-state index in [0.29, 0.717) is 23.5 Å². The molecule has 0 atom stereocenters. The van der Waals surface area contributed by atoms with Crippen molar-refractivity contribution in [2.75, 3.05) is 4.31 Å². The Kier molecular flexibility index (Phi) is 5.65. The van der Waals surface area contributed by atoms with Crippen LogP contribution in [0, 0.1) is 19.7 Å². The first-order valence-electron chi connectivity index (χ1n) is 9.88. The second-order valence-electron chi connectivity index (χ2n) is 7.52. The van der Waals surface area contributed by atoms with Gasteiger partial charge >= 0.3 is 6.18 Å². The maximum atomic E-state index is 13.8. The van der Waals surface area contributed by atoms with E-state index >= 15 is 0 Å². The molecule has 0 saturated carbocycles. The Hall–Kier alpha value is -3.40. The second kappa shape index (κ2) is 8.18. The molecule has 2 aromatic carbocycles. The van der Waals surface area contributed by atoms with Gasteiger partial charge in [0.2, 0.25) is 0 Å². The van der Waals surface area contributed by atoms with Crippen molar-refractivity contribution in [3.8, 4) is 0 Å². The molecule has 0 radical (unpaired) electrons. The van der Waals surface area contributed by atoms with Gasteiger partial charge in [-0.15, -0.1) is 0 Å². The molecule has 0 amide bonds. The fourth-order valence-corrected chi connectivity index (χ4v) is 5.17. The lowest BCUT2D eigenvalue weighted by atomic mass is 10.1. The van der Waals surface area contributed by atoms with Crippen LogP contribution < -0.4 is 4.31 Å². The molecule has 0 N–H and O–H groups in total. The summed E-state index contributed by atoms with van der Waals surface area (Å²) in [5, 5.41) is 0. The number of halogens is 4. The van der Waals surface area contributed by atoms with Gasteiger partial charge in [-0.25, -0.2) is 22.1 Å². The van der Waals surface area contributed by atoms with Crippen LogP contribution in [0.25, 0.3) is 5.65 Å². The molecule has 0 saturated heterocycles. The molecule has 2 aromatic heterocycles. The molecule has 5 nitrogen and oxygen atoms in total. The van der Waals surface area contributed by atoms with Crippen LogP contribution in [0.1, 0.15) is 22.5 Å². The lowest BCUT2D eigenvalue weighted by molar-refractivity contribution is -0.140. The molecule has 2 heterocycles. The smallest absolute Gasteiger partial charge is 0.299 e. The van der Waals surface area contributed by atoms with E-state index in [0.717, 1.165) is 16.1 Å². The van der Waals surface area contributed by atoms with Crippen molar-refractivity contribution in [2.45, 2.75) is 31.5 Å². The summed E-state index contributed by atoms with van der Waals surface area (Å²) >= 11 is 0. The van der Waals surface area contributed by atoms with Crippen LogP contribution in [-0.2, 0) is 22.7 Å². The van der Waals surface area contributed by atoms with Crippen molar-refractivity contribution >= 4 is 21.5 Å². The first-order chi connectivity index (χ1) is 15.5. The number of imidazole rings is 1. The van der Waals surface area contributed by atoms with Crippen LogP contribution in [0.3, 0.4) is 0 Å². The SMILES string of the molecule is Cc1cccc2nc(N(Cc3ccc(F)c(C(F)(F)F)c3)S(=O)(=O)c3ccccc3)c(C)n12. The van der Waals surface area contributed by atoms with Gasteiger partial charge in [0.1, 0.15) is 11.5 Å². The quantitative estimate of drug-likeness (QED) is 0.357. The summed E-state index contributed by atoms with van der Waals surface area (Å²) in [5.41, 5.74) is 0.310. The first kappa shape index (κ1) is 22.8. The molecule has 0 fully saturated rings. The van der Waals surface area contributed by atoms with Crippen LogP contribution in [0.2, 0.25) is 0 Å². The number of pyridine rings is 1. The topological polar surface area (TPSA) is 54.7 Å². The Morgan fingerprint density at radius 2 is 1.67 bits per heavy atom. The molecular formula is C23H19F4N3O2S. The number of anilines is 1. The number of rotatable bonds is 5. The van der Waals surface area contributed by atoms with Gasteiger partial charge in [0.15, 0.2) is 5.82 Å². The molecule has 0 aliphatic rings. The number of hydrogen-bond donors (Lipinski definition) is 0. The van der Waals surface area contributed by atoms with E-state index in [-0.39, 0.29) is 16.3 Å². The minimum absolute atomic E-state index is 0.0311. The van der Waals surface area contributed by atoms with E-state index in [1.165, 1.54) is 12.1 Å². The van der Waals surface area contributed by atoms with E-state index in [9.17, 15) is 26.0 Å². The lowest BCUT2D eigenvalue weighted by Gasteiger charge is -2.24. The molecule has 0 spiro atoms. The van der Waals surface area contributed by atoms with E-state index in [1.54, 1.807) is 41.7 Å². The summed E-state index contributed by atoms with van der Waals surface area (Å²) in [4.78, 5) is 4.42. The predicted octanol–water partition coefficient (Wildman–Crippen LogP) is 5.50. The number of sulfonamides is 1. The standard InChI is InChI=1S/C23H19F4N3O2S/c1-15-7-6-10-21-28-22(16(2)30(15)21)29(33(31,32)18-8-4-3-5-9-18)14-17-11-12-20(24)19(13-17)23(25,26)27/h3-13H,14H2,1-2H3. The molecule has 10 heteroatoms. The van der Waals surface area contributed by atoms with Gasteiger partial charge in [-0.05, 0) is 55.8 Å². The zero-order valence-electron chi connectivity index (χ0n) is 17.6. The molecule has 0 aliphatic heterocycles. The van der Waals surface area contributed by atoms with Gasteiger partial charge < -0.3 is 0 Å². The molecule has 172 valence electrons. The number of nitrogens with zero attached hydrogens (tertiary/aromatic N) is 3. The molecule has 0 unspecified atom stereocenters. The van der Waals surface area contributed by atoms with Crippen molar-refractivity contribution in [3.05, 3.63) is 95.1 Å². The van der Waals surface area contributed by atoms with E-state index in [1.807, 2.05) is 13.0 Å². The van der Waals surface area contributed by atoms with E-state index in [2.05, 4.69) is 4.98 Å². The van der Waals surface area contributed by atoms with Crippen molar-refractivity contribution in [3.63, 3.8) is 0 Å². The zero-order valence-corrected chi connectivity index (χ0v) is 18.5. The maximum Gasteiger partial charge on any atom is 0.419 e. The fourth-order valence-electron chi connectivity index (χ4n) is 3.70. The second-order valence-corrected chi connectivity index (χ2v) is 9.38. The molecule has 4 rings (SSSR count). The number of aromatic nitrogens is 2. The lowest BCUT2D eigenvalue weighted by Crippen LogP contribution is -2.31. The predicted molar refractivity (Wildman–Crippen MR) is 116 cm³/mol. The highest BCUT2D eigenvalue weighted by atomic mass is 32.2. The summed E-state index contributed by atoms with van der Waals surface area (Å²) in [6.07, 6.45) is -4.92. The van der Waals surface area contributed by atoms with Gasteiger partial charge in [-0.1, -0.05) is 30.3 Å². The van der Waals surface area contributed by atoms with Gasteiger partial charge in [0, 0.05) is 5.69 Å². The summed E-state index contributed by atoms with van der Waals surface area (Å²) < 4.78 is 83.4. The van der Waals surface area contributed by atoms with E-state index < -0.39 is 34.1 Å². The number of aryl methyl sites for hydroxylation is 2. The average molecular weight is 477 g/mol. The third-order valence-electron chi connectivity index (χ3n) is 5.27. The van der Waals surface area contributed by atoms with Gasteiger partial charge in [-0.2, -0.15) is 13.2 Å². The van der Waals surface area contributed by atoms with Crippen LogP contribution >= 0.6 is 0 Å². The van der Waals surface area contributed by atoms with Crippen molar-refractivity contribution in [2.24, 2.45) is 0 Å². The summed E-state index contributed by atoms with van der Waals surface area (Å²) in [6.45, 7) is 3.04. The van der Waals surface area contributed by atoms with Crippen LogP contribution in [0.15, 0.2) is 71.6 Å². The van der Waals surface area contributed by atoms with Gasteiger partial charge in [0.05, 0.1) is 22.7 Å². The normalized spacial score (nSPS) is 12.3. The summed E-state index contributed by atoms with van der Waals surface area (Å²) in [5.74, 6) is -1.35. The largest absolute Gasteiger partial charge is 0.419 e. The summed E-state index contributed by atoms with van der Waals surface area (Å²) in [7, 11) is -4.21. The molecule has 4 aromatic rings. The monoisotopic (exact) mass is 477 g/mol. The number of benzene rings is 2. The minimum atomic E-state index is -4.92. The highest BCUT2D eigenvalue weighted by Gasteiger charge is 2.35. The third-order valence-corrected chi connectivity index (χ3v) is 7.02.